The lowest BCUT2D eigenvalue weighted by atomic mass is 10.1. The van der Waals surface area contributed by atoms with Crippen LogP contribution in [0.3, 0.4) is 0 Å². The summed E-state index contributed by atoms with van der Waals surface area (Å²) in [5.41, 5.74) is 3.11. The van der Waals surface area contributed by atoms with Crippen LogP contribution in [0.15, 0.2) is 24.3 Å². The van der Waals surface area contributed by atoms with Crippen LogP contribution in [0.1, 0.15) is 37.5 Å². The van der Waals surface area contributed by atoms with E-state index in [1.807, 2.05) is 19.1 Å². The second-order valence-electron chi connectivity index (χ2n) is 6.91. The van der Waals surface area contributed by atoms with Crippen LogP contribution in [0.2, 0.25) is 18.1 Å². The zero-order valence-electron chi connectivity index (χ0n) is 13.9. The molecule has 116 valence electrons. The maximum absolute atomic E-state index is 10.6. The van der Waals surface area contributed by atoms with E-state index in [2.05, 4.69) is 39.9 Å². The van der Waals surface area contributed by atoms with E-state index < -0.39 is 14.3 Å². The van der Waals surface area contributed by atoms with Crippen LogP contribution in [-0.2, 0) is 15.8 Å². The Morgan fingerprint density at radius 1 is 1.33 bits per heavy atom. The van der Waals surface area contributed by atoms with Gasteiger partial charge < -0.3 is 9.53 Å². The molecule has 0 bridgehead atoms. The van der Waals surface area contributed by atoms with Crippen molar-refractivity contribution in [2.75, 3.05) is 0 Å². The normalized spacial score (nSPS) is 12.9. The summed E-state index contributed by atoms with van der Waals surface area (Å²) in [5.74, 6) is -0.931. The Bertz CT molecular complexity index is 539. The lowest BCUT2D eigenvalue weighted by molar-refractivity contribution is -0.131. The largest absolute Gasteiger partial charge is 0.478 e. The Labute approximate surface area is 128 Å². The van der Waals surface area contributed by atoms with Gasteiger partial charge >= 0.3 is 5.97 Å². The maximum Gasteiger partial charge on any atom is 0.328 e. The van der Waals surface area contributed by atoms with Gasteiger partial charge in [-0.25, -0.2) is 4.79 Å². The van der Waals surface area contributed by atoms with E-state index in [0.29, 0.717) is 6.61 Å². The average molecular weight is 306 g/mol. The first-order chi connectivity index (χ1) is 9.53. The van der Waals surface area contributed by atoms with Gasteiger partial charge in [0, 0.05) is 6.08 Å². The van der Waals surface area contributed by atoms with Crippen LogP contribution in [0.4, 0.5) is 0 Å². The van der Waals surface area contributed by atoms with Crippen LogP contribution in [0.5, 0.6) is 0 Å². The molecule has 1 N–H and O–H groups in total. The number of hydrogen-bond acceptors (Lipinski definition) is 2. The van der Waals surface area contributed by atoms with E-state index in [-0.39, 0.29) is 5.04 Å². The van der Waals surface area contributed by atoms with Gasteiger partial charge in [0.2, 0.25) is 0 Å². The van der Waals surface area contributed by atoms with Crippen LogP contribution in [-0.4, -0.2) is 19.4 Å². The SMILES string of the molecule is Cc1cc(CO[Si](C)(C)C(C)(C)C)ccc1C=CC(=O)O. The molecule has 0 fully saturated rings. The summed E-state index contributed by atoms with van der Waals surface area (Å²) < 4.78 is 6.20. The summed E-state index contributed by atoms with van der Waals surface area (Å²) >= 11 is 0. The molecule has 0 aliphatic heterocycles. The molecule has 1 aromatic carbocycles. The molecule has 3 nitrogen and oxygen atoms in total. The van der Waals surface area contributed by atoms with Gasteiger partial charge in [-0.15, -0.1) is 0 Å². The van der Waals surface area contributed by atoms with Gasteiger partial charge in [0.25, 0.3) is 0 Å². The van der Waals surface area contributed by atoms with E-state index in [9.17, 15) is 4.79 Å². The van der Waals surface area contributed by atoms with Gasteiger partial charge in [0.1, 0.15) is 0 Å². The van der Waals surface area contributed by atoms with Crippen molar-refractivity contribution in [3.8, 4) is 0 Å². The smallest absolute Gasteiger partial charge is 0.328 e. The lowest BCUT2D eigenvalue weighted by Gasteiger charge is -2.36. The predicted octanol–water partition coefficient (Wildman–Crippen LogP) is 4.61. The molecule has 0 atom stereocenters. The first-order valence-electron chi connectivity index (χ1n) is 7.17. The molecule has 0 saturated heterocycles. The highest BCUT2D eigenvalue weighted by Gasteiger charge is 2.36. The van der Waals surface area contributed by atoms with Crippen molar-refractivity contribution in [3.05, 3.63) is 41.0 Å². The maximum atomic E-state index is 10.6. The average Bonchev–Trinajstić information content (AvgIpc) is 2.33. The fourth-order valence-corrected chi connectivity index (χ4v) is 2.62. The number of rotatable bonds is 5. The molecular formula is C17H26O3Si. The summed E-state index contributed by atoms with van der Waals surface area (Å²) in [6.45, 7) is 13.8. The molecule has 0 amide bonds. The summed E-state index contributed by atoms with van der Waals surface area (Å²) in [6, 6.07) is 6.01. The third-order valence-corrected chi connectivity index (χ3v) is 8.62. The standard InChI is InChI=1S/C17H26O3Si/c1-13-11-14(7-8-15(13)9-10-16(18)19)12-20-21(5,6)17(2,3)4/h7-11H,12H2,1-6H3,(H,18,19). The number of carbonyl (C=O) groups is 1. The Morgan fingerprint density at radius 2 is 1.95 bits per heavy atom. The minimum absolute atomic E-state index is 0.201. The van der Waals surface area contributed by atoms with Gasteiger partial charge in [-0.3, -0.25) is 0 Å². The quantitative estimate of drug-likeness (QED) is 0.638. The molecule has 1 aromatic rings. The highest BCUT2D eigenvalue weighted by molar-refractivity contribution is 6.74. The Morgan fingerprint density at radius 3 is 2.43 bits per heavy atom. The van der Waals surface area contributed by atoms with E-state index in [0.717, 1.165) is 22.8 Å². The zero-order chi connectivity index (χ0) is 16.3. The van der Waals surface area contributed by atoms with E-state index >= 15 is 0 Å². The van der Waals surface area contributed by atoms with Gasteiger partial charge in [-0.05, 0) is 47.8 Å². The predicted molar refractivity (Wildman–Crippen MR) is 89.8 cm³/mol. The van der Waals surface area contributed by atoms with E-state index in [1.54, 1.807) is 6.08 Å². The summed E-state index contributed by atoms with van der Waals surface area (Å²) in [6.07, 6.45) is 2.78. The molecule has 0 aliphatic rings. The molecule has 0 aliphatic carbocycles. The number of aryl methyl sites for hydroxylation is 1. The number of carboxylic acid groups (broad SMARTS) is 1. The lowest BCUT2D eigenvalue weighted by Crippen LogP contribution is -2.40. The van der Waals surface area contributed by atoms with Crippen molar-refractivity contribution in [3.63, 3.8) is 0 Å². The van der Waals surface area contributed by atoms with Crippen molar-refractivity contribution in [1.29, 1.82) is 0 Å². The van der Waals surface area contributed by atoms with E-state index in [4.69, 9.17) is 9.53 Å². The number of carboxylic acids is 1. The fourth-order valence-electron chi connectivity index (χ4n) is 1.66. The first-order valence-corrected chi connectivity index (χ1v) is 10.1. The minimum atomic E-state index is -1.74. The molecule has 0 saturated carbocycles. The van der Waals surface area contributed by atoms with Gasteiger partial charge in [0.15, 0.2) is 8.32 Å². The van der Waals surface area contributed by atoms with Gasteiger partial charge in [-0.1, -0.05) is 39.0 Å². The molecule has 0 unspecified atom stereocenters. The topological polar surface area (TPSA) is 46.5 Å². The van der Waals surface area contributed by atoms with Crippen molar-refractivity contribution >= 4 is 20.4 Å². The summed E-state index contributed by atoms with van der Waals surface area (Å²) in [4.78, 5) is 10.6. The van der Waals surface area contributed by atoms with Crippen molar-refractivity contribution in [1.82, 2.24) is 0 Å². The van der Waals surface area contributed by atoms with Crippen LogP contribution >= 0.6 is 0 Å². The van der Waals surface area contributed by atoms with Gasteiger partial charge in [-0.2, -0.15) is 0 Å². The summed E-state index contributed by atoms with van der Waals surface area (Å²) in [7, 11) is -1.74. The monoisotopic (exact) mass is 306 g/mol. The second-order valence-corrected chi connectivity index (χ2v) is 11.7. The first kappa shape index (κ1) is 17.7. The minimum Gasteiger partial charge on any atom is -0.478 e. The third kappa shape index (κ3) is 5.14. The van der Waals surface area contributed by atoms with Crippen LogP contribution in [0.25, 0.3) is 6.08 Å². The Balaban J connectivity index is 2.79. The molecule has 0 aromatic heterocycles. The third-order valence-electron chi connectivity index (χ3n) is 4.15. The molecule has 1 rings (SSSR count). The Hall–Kier alpha value is -1.39. The molecule has 21 heavy (non-hydrogen) atoms. The van der Waals surface area contributed by atoms with Crippen molar-refractivity contribution in [2.45, 2.75) is 52.4 Å². The molecule has 0 spiro atoms. The highest BCUT2D eigenvalue weighted by atomic mass is 28.4. The number of hydrogen-bond donors (Lipinski definition) is 1. The number of benzene rings is 1. The van der Waals surface area contributed by atoms with Crippen molar-refractivity contribution in [2.24, 2.45) is 0 Å². The summed E-state index contributed by atoms with van der Waals surface area (Å²) in [5, 5.41) is 8.87. The molecule has 0 heterocycles. The zero-order valence-corrected chi connectivity index (χ0v) is 14.9. The van der Waals surface area contributed by atoms with Crippen LogP contribution in [0, 0.1) is 6.92 Å². The van der Waals surface area contributed by atoms with Crippen LogP contribution < -0.4 is 0 Å². The second kappa shape index (κ2) is 6.58. The highest BCUT2D eigenvalue weighted by Crippen LogP contribution is 2.37. The van der Waals surface area contributed by atoms with E-state index in [1.165, 1.54) is 0 Å². The molecular weight excluding hydrogens is 280 g/mol. The molecule has 0 radical (unpaired) electrons. The number of aliphatic carboxylic acids is 1. The molecule has 4 heteroatoms. The fraction of sp³-hybridized carbons (Fsp3) is 0.471. The van der Waals surface area contributed by atoms with Gasteiger partial charge in [0.05, 0.1) is 6.61 Å². The Kier molecular flexibility index (Phi) is 5.53. The van der Waals surface area contributed by atoms with Crippen molar-refractivity contribution < 1.29 is 14.3 Å².